The average Bonchev–Trinajstić information content (AvgIpc) is 2.89. The monoisotopic (exact) mass is 563 g/mol. The number of esters is 4. The molecular weight excluding hydrogens is 514 g/mol. The van der Waals surface area contributed by atoms with Crippen molar-refractivity contribution in [3.8, 4) is 11.5 Å². The highest BCUT2D eigenvalue weighted by Crippen LogP contribution is 2.31. The molecule has 9 heteroatoms. The Labute approximate surface area is 239 Å². The van der Waals surface area contributed by atoms with Crippen molar-refractivity contribution in [2.24, 2.45) is 17.6 Å². The molecule has 0 radical (unpaired) electrons. The fraction of sp³-hybridized carbons (Fsp3) is 0.677. The fourth-order valence-electron chi connectivity index (χ4n) is 3.61. The van der Waals surface area contributed by atoms with Gasteiger partial charge < -0.3 is 24.7 Å². The first kappa shape index (κ1) is 35.1. The van der Waals surface area contributed by atoms with Crippen molar-refractivity contribution in [2.45, 2.75) is 125 Å². The molecule has 0 bridgehead atoms. The summed E-state index contributed by atoms with van der Waals surface area (Å²) in [6, 6.07) is 3.74. The Morgan fingerprint density at radius 1 is 0.750 bits per heavy atom. The average molecular weight is 564 g/mol. The zero-order chi connectivity index (χ0) is 30.2. The molecule has 1 rings (SSSR count). The van der Waals surface area contributed by atoms with Crippen LogP contribution in [0.15, 0.2) is 18.2 Å². The number of benzene rings is 1. The fourth-order valence-corrected chi connectivity index (χ4v) is 3.61. The Hall–Kier alpha value is -2.94. The molecule has 0 heterocycles. The minimum absolute atomic E-state index is 0.0910. The van der Waals surface area contributed by atoms with Crippen LogP contribution in [0.2, 0.25) is 0 Å². The number of ether oxygens (including phenoxy) is 4. The first-order valence-corrected chi connectivity index (χ1v) is 14.6. The van der Waals surface area contributed by atoms with Gasteiger partial charge in [-0.1, -0.05) is 66.4 Å². The van der Waals surface area contributed by atoms with Crippen LogP contribution >= 0.6 is 0 Å². The van der Waals surface area contributed by atoms with E-state index in [-0.39, 0.29) is 48.6 Å². The maximum atomic E-state index is 12.7. The zero-order valence-corrected chi connectivity index (χ0v) is 25.3. The van der Waals surface area contributed by atoms with Crippen molar-refractivity contribution in [3.05, 3.63) is 23.8 Å². The lowest BCUT2D eigenvalue weighted by Crippen LogP contribution is -2.39. The van der Waals surface area contributed by atoms with Crippen molar-refractivity contribution in [1.29, 1.82) is 0 Å². The maximum Gasteiger partial charge on any atom is 0.323 e. The lowest BCUT2D eigenvalue weighted by molar-refractivity contribution is -0.166. The quantitative estimate of drug-likeness (QED) is 0.136. The highest BCUT2D eigenvalue weighted by Gasteiger charge is 2.25. The van der Waals surface area contributed by atoms with E-state index in [9.17, 15) is 19.2 Å². The number of nitrogens with two attached hydrogens (primary N) is 1. The van der Waals surface area contributed by atoms with E-state index in [1.165, 1.54) is 6.07 Å². The second-order valence-electron chi connectivity index (χ2n) is 10.8. The molecule has 226 valence electrons. The molecule has 9 nitrogen and oxygen atoms in total. The molecule has 0 spiro atoms. The minimum atomic E-state index is -1.02. The van der Waals surface area contributed by atoms with Gasteiger partial charge in [-0.05, 0) is 56.2 Å². The highest BCUT2D eigenvalue weighted by molar-refractivity contribution is 5.78. The van der Waals surface area contributed by atoms with Gasteiger partial charge in [0.25, 0.3) is 0 Å². The van der Waals surface area contributed by atoms with E-state index >= 15 is 0 Å². The van der Waals surface area contributed by atoms with Gasteiger partial charge in [0.05, 0.1) is 0 Å². The van der Waals surface area contributed by atoms with E-state index < -0.39 is 36.2 Å². The molecule has 0 saturated carbocycles. The number of carbonyl (C=O) groups excluding carboxylic acids is 4. The molecule has 0 amide bonds. The maximum absolute atomic E-state index is 12.7. The van der Waals surface area contributed by atoms with E-state index in [1.807, 2.05) is 27.7 Å². The molecule has 1 aromatic carbocycles. The van der Waals surface area contributed by atoms with Gasteiger partial charge in [0.2, 0.25) is 0 Å². The number of hydrogen-bond acceptors (Lipinski definition) is 9. The predicted octanol–water partition coefficient (Wildman–Crippen LogP) is 5.68. The number of rotatable bonds is 18. The van der Waals surface area contributed by atoms with Crippen molar-refractivity contribution in [3.63, 3.8) is 0 Å². The summed E-state index contributed by atoms with van der Waals surface area (Å²) >= 11 is 0. The van der Waals surface area contributed by atoms with Crippen LogP contribution in [-0.2, 0) is 35.1 Å². The lowest BCUT2D eigenvalue weighted by Gasteiger charge is -2.22. The van der Waals surface area contributed by atoms with Crippen LogP contribution in [0.1, 0.15) is 105 Å². The molecule has 2 N–H and O–H groups in total. The molecule has 2 unspecified atom stereocenters. The summed E-state index contributed by atoms with van der Waals surface area (Å²) in [6.45, 7) is 13.3. The third-order valence-electron chi connectivity index (χ3n) is 6.90. The molecule has 40 heavy (non-hydrogen) atoms. The van der Waals surface area contributed by atoms with Gasteiger partial charge in [-0.3, -0.25) is 19.2 Å². The van der Waals surface area contributed by atoms with Crippen LogP contribution in [-0.4, -0.2) is 42.1 Å². The summed E-state index contributed by atoms with van der Waals surface area (Å²) in [6.07, 6.45) is 3.92. The van der Waals surface area contributed by atoms with Crippen LogP contribution in [0.3, 0.4) is 0 Å². The molecule has 0 aliphatic heterocycles. The first-order chi connectivity index (χ1) is 18.9. The van der Waals surface area contributed by atoms with E-state index in [0.29, 0.717) is 12.0 Å². The summed E-state index contributed by atoms with van der Waals surface area (Å²) in [7, 11) is 0. The second-order valence-corrected chi connectivity index (χ2v) is 10.8. The smallest absolute Gasteiger partial charge is 0.323 e. The van der Waals surface area contributed by atoms with Crippen LogP contribution < -0.4 is 15.2 Å². The summed E-state index contributed by atoms with van der Waals surface area (Å²) in [5.41, 5.74) is 6.73. The summed E-state index contributed by atoms with van der Waals surface area (Å²) < 4.78 is 21.9. The van der Waals surface area contributed by atoms with E-state index in [4.69, 9.17) is 24.7 Å². The first-order valence-electron chi connectivity index (χ1n) is 14.6. The summed E-state index contributed by atoms with van der Waals surface area (Å²) in [4.78, 5) is 49.6. The Balaban J connectivity index is 2.90. The van der Waals surface area contributed by atoms with Gasteiger partial charge in [0, 0.05) is 19.3 Å². The number of hydrogen-bond donors (Lipinski definition) is 1. The molecule has 0 aliphatic carbocycles. The Bertz CT molecular complexity index is 963. The zero-order valence-electron chi connectivity index (χ0n) is 25.3. The Morgan fingerprint density at radius 3 is 1.85 bits per heavy atom. The normalized spacial score (nSPS) is 14.8. The number of unbranched alkanes of at least 4 members (excludes halogenated alkanes) is 2. The molecule has 0 saturated heterocycles. The van der Waals surface area contributed by atoms with Crippen LogP contribution in [0.4, 0.5) is 0 Å². The molecule has 0 fully saturated rings. The van der Waals surface area contributed by atoms with Crippen molar-refractivity contribution in [1.82, 2.24) is 0 Å². The number of carbonyl (C=O) groups is 4. The molecule has 0 aliphatic rings. The highest BCUT2D eigenvalue weighted by atomic mass is 16.6. The minimum Gasteiger partial charge on any atom is -0.459 e. The van der Waals surface area contributed by atoms with Gasteiger partial charge in [-0.25, -0.2) is 0 Å². The van der Waals surface area contributed by atoms with Crippen molar-refractivity contribution in [2.75, 3.05) is 0 Å². The standard InChI is InChI=1S/C31H49NO8/c1-8-11-12-13-28(33)37-22(6)23(7)38-31(36)25(32)18-24-14-15-26(39-29(34)16-20(4)9-2)27(19-24)40-30(35)17-21(5)10-3/h14-15,19-23,25H,8-13,16-18,32H2,1-7H3/t20?,21?,22-,23-,25-/m0/s1. The van der Waals surface area contributed by atoms with Crippen LogP contribution in [0.5, 0.6) is 11.5 Å². The van der Waals surface area contributed by atoms with Gasteiger partial charge in [0.1, 0.15) is 18.2 Å². The van der Waals surface area contributed by atoms with Crippen LogP contribution in [0.25, 0.3) is 0 Å². The summed E-state index contributed by atoms with van der Waals surface area (Å²) in [5.74, 6) is -1.32. The lowest BCUT2D eigenvalue weighted by atomic mass is 10.0. The SMILES string of the molecule is CCCCCC(=O)O[C@@H](C)[C@H](C)OC(=O)[C@@H](N)Cc1ccc(OC(=O)CC(C)CC)c(OC(=O)CC(C)CC)c1. The third kappa shape index (κ3) is 13.4. The molecule has 1 aromatic rings. The molecule has 5 atom stereocenters. The third-order valence-corrected chi connectivity index (χ3v) is 6.90. The predicted molar refractivity (Wildman–Crippen MR) is 153 cm³/mol. The topological polar surface area (TPSA) is 131 Å². The molecule has 0 aromatic heterocycles. The second kappa shape index (κ2) is 18.4. The van der Waals surface area contributed by atoms with Crippen molar-refractivity contribution >= 4 is 23.9 Å². The Morgan fingerprint density at radius 2 is 1.30 bits per heavy atom. The van der Waals surface area contributed by atoms with Gasteiger partial charge >= 0.3 is 23.9 Å². The van der Waals surface area contributed by atoms with Gasteiger partial charge in [-0.2, -0.15) is 0 Å². The molecular formula is C31H49NO8. The van der Waals surface area contributed by atoms with Crippen molar-refractivity contribution < 1.29 is 38.1 Å². The largest absolute Gasteiger partial charge is 0.459 e. The van der Waals surface area contributed by atoms with Gasteiger partial charge in [0.15, 0.2) is 11.5 Å². The Kier molecular flexibility index (Phi) is 16.2. The van der Waals surface area contributed by atoms with E-state index in [0.717, 1.165) is 32.1 Å². The van der Waals surface area contributed by atoms with E-state index in [1.54, 1.807) is 26.0 Å². The van der Waals surface area contributed by atoms with E-state index in [2.05, 4.69) is 6.92 Å². The van der Waals surface area contributed by atoms with Crippen LogP contribution in [0, 0.1) is 11.8 Å². The summed E-state index contributed by atoms with van der Waals surface area (Å²) in [5, 5.41) is 0. The van der Waals surface area contributed by atoms with Gasteiger partial charge in [-0.15, -0.1) is 0 Å².